The molecule has 1 aromatic carbocycles. The topological polar surface area (TPSA) is 37.8 Å². The zero-order valence-electron chi connectivity index (χ0n) is 11.6. The number of aryl methyl sites for hydroxylation is 2. The number of rotatable bonds is 2. The standard InChI is InChI=1S/C16H20N2O/c1-11-10-16(19)18(17-11)12(2)14-9-5-7-13-6-3-4-8-15(13)14/h5,7,9-10,12,17H,3-4,6,8H2,1-2H3. The van der Waals surface area contributed by atoms with Crippen molar-refractivity contribution in [3.05, 3.63) is 57.0 Å². The van der Waals surface area contributed by atoms with Gasteiger partial charge in [-0.05, 0) is 56.2 Å². The third-order valence-corrected chi connectivity index (χ3v) is 4.14. The van der Waals surface area contributed by atoms with Crippen LogP contribution < -0.4 is 5.56 Å². The van der Waals surface area contributed by atoms with Gasteiger partial charge in [0.1, 0.15) is 0 Å². The molecule has 0 radical (unpaired) electrons. The molecule has 1 aliphatic carbocycles. The lowest BCUT2D eigenvalue weighted by Crippen LogP contribution is -2.22. The third kappa shape index (κ3) is 2.14. The summed E-state index contributed by atoms with van der Waals surface area (Å²) >= 11 is 0. The van der Waals surface area contributed by atoms with Crippen LogP contribution in [-0.2, 0) is 12.8 Å². The highest BCUT2D eigenvalue weighted by molar-refractivity contribution is 5.39. The van der Waals surface area contributed by atoms with Gasteiger partial charge in [0.15, 0.2) is 0 Å². The summed E-state index contributed by atoms with van der Waals surface area (Å²) in [5.41, 5.74) is 5.19. The molecule has 1 atom stereocenters. The van der Waals surface area contributed by atoms with Crippen molar-refractivity contribution in [2.45, 2.75) is 45.6 Å². The Hall–Kier alpha value is -1.77. The summed E-state index contributed by atoms with van der Waals surface area (Å²) in [6.45, 7) is 4.02. The second-order valence-corrected chi connectivity index (χ2v) is 5.52. The predicted octanol–water partition coefficient (Wildman–Crippen LogP) is 2.97. The molecule has 3 rings (SSSR count). The molecule has 1 heterocycles. The molecule has 0 fully saturated rings. The predicted molar refractivity (Wildman–Crippen MR) is 76.7 cm³/mol. The van der Waals surface area contributed by atoms with Crippen molar-refractivity contribution < 1.29 is 0 Å². The van der Waals surface area contributed by atoms with Crippen LogP contribution in [0.4, 0.5) is 0 Å². The first-order valence-corrected chi connectivity index (χ1v) is 7.05. The van der Waals surface area contributed by atoms with Gasteiger partial charge in [-0.15, -0.1) is 0 Å². The number of fused-ring (bicyclic) bond motifs is 1. The van der Waals surface area contributed by atoms with Crippen molar-refractivity contribution in [1.82, 2.24) is 9.78 Å². The van der Waals surface area contributed by atoms with Crippen molar-refractivity contribution in [3.8, 4) is 0 Å². The number of hydrogen-bond donors (Lipinski definition) is 1. The fourth-order valence-electron chi connectivity index (χ4n) is 3.16. The SMILES string of the molecule is Cc1cc(=O)n(C(C)c2cccc3c2CCCC3)[nH]1. The lowest BCUT2D eigenvalue weighted by Gasteiger charge is -2.23. The van der Waals surface area contributed by atoms with Gasteiger partial charge in [-0.1, -0.05) is 18.2 Å². The lowest BCUT2D eigenvalue weighted by atomic mass is 9.86. The summed E-state index contributed by atoms with van der Waals surface area (Å²) in [5, 5.41) is 3.15. The average molecular weight is 256 g/mol. The van der Waals surface area contributed by atoms with Crippen LogP contribution in [0.25, 0.3) is 0 Å². The van der Waals surface area contributed by atoms with Gasteiger partial charge in [-0.25, -0.2) is 4.68 Å². The van der Waals surface area contributed by atoms with Gasteiger partial charge in [0.05, 0.1) is 6.04 Å². The van der Waals surface area contributed by atoms with E-state index in [0.717, 1.165) is 12.1 Å². The number of H-pyrrole nitrogens is 1. The molecule has 1 aromatic heterocycles. The van der Waals surface area contributed by atoms with Crippen LogP contribution in [0, 0.1) is 6.92 Å². The van der Waals surface area contributed by atoms with Gasteiger partial charge < -0.3 is 0 Å². The third-order valence-electron chi connectivity index (χ3n) is 4.14. The van der Waals surface area contributed by atoms with E-state index in [9.17, 15) is 4.79 Å². The molecule has 0 bridgehead atoms. The Labute approximate surface area is 113 Å². The highest BCUT2D eigenvalue weighted by atomic mass is 16.1. The number of aromatic nitrogens is 2. The van der Waals surface area contributed by atoms with E-state index in [1.54, 1.807) is 10.7 Å². The zero-order valence-corrected chi connectivity index (χ0v) is 11.6. The largest absolute Gasteiger partial charge is 0.299 e. The number of nitrogens with zero attached hydrogens (tertiary/aromatic N) is 1. The van der Waals surface area contributed by atoms with E-state index in [0.29, 0.717) is 0 Å². The van der Waals surface area contributed by atoms with Crippen LogP contribution in [0.3, 0.4) is 0 Å². The molecular formula is C16H20N2O. The second kappa shape index (κ2) is 4.72. The number of nitrogens with one attached hydrogen (secondary N) is 1. The quantitative estimate of drug-likeness (QED) is 0.881. The van der Waals surface area contributed by atoms with Crippen LogP contribution in [-0.4, -0.2) is 9.78 Å². The summed E-state index contributed by atoms with van der Waals surface area (Å²) in [6, 6.07) is 8.25. The van der Waals surface area contributed by atoms with Crippen LogP contribution in [0.15, 0.2) is 29.1 Å². The van der Waals surface area contributed by atoms with Crippen LogP contribution in [0.5, 0.6) is 0 Å². The maximum atomic E-state index is 12.0. The van der Waals surface area contributed by atoms with Crippen LogP contribution in [0.1, 0.15) is 48.2 Å². The molecule has 1 unspecified atom stereocenters. The van der Waals surface area contributed by atoms with Gasteiger partial charge in [0.25, 0.3) is 5.56 Å². The molecule has 3 heteroatoms. The summed E-state index contributed by atoms with van der Waals surface area (Å²) < 4.78 is 1.74. The Morgan fingerprint density at radius 2 is 2.05 bits per heavy atom. The fraction of sp³-hybridized carbons (Fsp3) is 0.438. The van der Waals surface area contributed by atoms with E-state index in [1.165, 1.54) is 36.0 Å². The first kappa shape index (κ1) is 12.3. The minimum absolute atomic E-state index is 0.0541. The van der Waals surface area contributed by atoms with Crippen LogP contribution in [0.2, 0.25) is 0 Å². The van der Waals surface area contributed by atoms with E-state index < -0.39 is 0 Å². The summed E-state index contributed by atoms with van der Waals surface area (Å²) in [4.78, 5) is 12.0. The molecular weight excluding hydrogens is 236 g/mol. The molecule has 3 nitrogen and oxygen atoms in total. The molecule has 0 spiro atoms. The molecule has 1 N–H and O–H groups in total. The number of benzene rings is 1. The van der Waals surface area contributed by atoms with Crippen molar-refractivity contribution >= 4 is 0 Å². The van der Waals surface area contributed by atoms with Crippen molar-refractivity contribution in [3.63, 3.8) is 0 Å². The lowest BCUT2D eigenvalue weighted by molar-refractivity contribution is 0.534. The Morgan fingerprint density at radius 1 is 1.26 bits per heavy atom. The first-order valence-electron chi connectivity index (χ1n) is 7.05. The smallest absolute Gasteiger partial charge is 0.267 e. The van der Waals surface area contributed by atoms with E-state index >= 15 is 0 Å². The molecule has 0 amide bonds. The summed E-state index contributed by atoms with van der Waals surface area (Å²) in [7, 11) is 0. The molecule has 0 saturated carbocycles. The van der Waals surface area contributed by atoms with E-state index in [-0.39, 0.29) is 11.6 Å². The molecule has 0 saturated heterocycles. The van der Waals surface area contributed by atoms with Crippen molar-refractivity contribution in [1.29, 1.82) is 0 Å². The van der Waals surface area contributed by atoms with Gasteiger partial charge in [-0.2, -0.15) is 0 Å². The van der Waals surface area contributed by atoms with Crippen molar-refractivity contribution in [2.75, 3.05) is 0 Å². The van der Waals surface area contributed by atoms with Gasteiger partial charge in [0.2, 0.25) is 0 Å². The highest BCUT2D eigenvalue weighted by Crippen LogP contribution is 2.29. The maximum Gasteiger partial charge on any atom is 0.267 e. The molecule has 0 aliphatic heterocycles. The van der Waals surface area contributed by atoms with Gasteiger partial charge in [0, 0.05) is 11.8 Å². The zero-order chi connectivity index (χ0) is 13.4. The molecule has 100 valence electrons. The minimum atomic E-state index is 0.0541. The average Bonchev–Trinajstić information content (AvgIpc) is 2.76. The highest BCUT2D eigenvalue weighted by Gasteiger charge is 2.19. The van der Waals surface area contributed by atoms with Crippen molar-refractivity contribution in [2.24, 2.45) is 0 Å². The Balaban J connectivity index is 2.07. The fourth-order valence-corrected chi connectivity index (χ4v) is 3.16. The normalized spacial score (nSPS) is 16.1. The number of aromatic amines is 1. The van der Waals surface area contributed by atoms with E-state index in [2.05, 4.69) is 30.2 Å². The number of hydrogen-bond acceptors (Lipinski definition) is 1. The first-order chi connectivity index (χ1) is 9.16. The summed E-state index contributed by atoms with van der Waals surface area (Å²) in [5.74, 6) is 0. The maximum absolute atomic E-state index is 12.0. The molecule has 19 heavy (non-hydrogen) atoms. The minimum Gasteiger partial charge on any atom is -0.299 e. The molecule has 1 aliphatic rings. The summed E-state index contributed by atoms with van der Waals surface area (Å²) in [6.07, 6.45) is 4.86. The van der Waals surface area contributed by atoms with Crippen LogP contribution >= 0.6 is 0 Å². The van der Waals surface area contributed by atoms with E-state index in [4.69, 9.17) is 0 Å². The van der Waals surface area contributed by atoms with Gasteiger partial charge in [-0.3, -0.25) is 9.89 Å². The molecule has 2 aromatic rings. The monoisotopic (exact) mass is 256 g/mol. The Bertz CT molecular complexity index is 651. The van der Waals surface area contributed by atoms with Gasteiger partial charge >= 0.3 is 0 Å². The van der Waals surface area contributed by atoms with E-state index in [1.807, 2.05) is 6.92 Å². The Morgan fingerprint density at radius 3 is 2.79 bits per heavy atom. The Kier molecular flexibility index (Phi) is 3.05. The second-order valence-electron chi connectivity index (χ2n) is 5.52.